The molecule has 0 bridgehead atoms. The lowest BCUT2D eigenvalue weighted by atomic mass is 10.00. The smallest absolute Gasteiger partial charge is 0.251 e. The summed E-state index contributed by atoms with van der Waals surface area (Å²) in [6.07, 6.45) is 1.53. The van der Waals surface area contributed by atoms with Crippen molar-refractivity contribution in [2.45, 2.75) is 58.2 Å². The second-order valence-electron chi connectivity index (χ2n) is 9.47. The monoisotopic (exact) mass is 557 g/mol. The molecule has 0 fully saturated rings. The fraction of sp³-hybridized carbons (Fsp3) is 0.333. The Morgan fingerprint density at radius 1 is 1.00 bits per heavy atom. The van der Waals surface area contributed by atoms with E-state index in [1.54, 1.807) is 18.2 Å². The van der Waals surface area contributed by atoms with Crippen molar-refractivity contribution < 1.29 is 23.1 Å². The predicted molar refractivity (Wildman–Crippen MR) is 150 cm³/mol. The van der Waals surface area contributed by atoms with Crippen molar-refractivity contribution in [3.05, 3.63) is 100 Å². The molecule has 3 aromatic carbocycles. The summed E-state index contributed by atoms with van der Waals surface area (Å²) in [6, 6.07) is 15.5. The van der Waals surface area contributed by atoms with E-state index in [1.165, 1.54) is 17.7 Å². The standard InChI is InChI=1S/C30H33F2N3O3.ClH/c1-3-6-29-34-26-15-22(9-10-28(26)38-29)30(37)35-25(14-21-12-23(31)16-24(32)13-21)27(36)18-33-17-20-8-5-7-19(4-2)11-20;/h5,7-13,15-16,25,27,33,36H,3-4,6,14,17-18H2,1-2H3,(H,35,37);1H/t25-,27-;/m0./s1. The lowest BCUT2D eigenvalue weighted by Gasteiger charge is -2.25. The highest BCUT2D eigenvalue weighted by Gasteiger charge is 2.23. The lowest BCUT2D eigenvalue weighted by molar-refractivity contribution is 0.0830. The minimum atomic E-state index is -1.02. The van der Waals surface area contributed by atoms with E-state index in [2.05, 4.69) is 34.7 Å². The van der Waals surface area contributed by atoms with Gasteiger partial charge in [0.1, 0.15) is 17.2 Å². The van der Waals surface area contributed by atoms with Crippen molar-refractivity contribution in [3.63, 3.8) is 0 Å². The number of carbonyl (C=O) groups is 1. The number of oxazole rings is 1. The highest BCUT2D eigenvalue weighted by molar-refractivity contribution is 5.97. The average Bonchev–Trinajstić information content (AvgIpc) is 3.29. The third kappa shape index (κ3) is 8.33. The zero-order valence-electron chi connectivity index (χ0n) is 22.0. The highest BCUT2D eigenvalue weighted by atomic mass is 35.5. The second-order valence-corrected chi connectivity index (χ2v) is 9.47. The first-order valence-corrected chi connectivity index (χ1v) is 13.0. The molecule has 0 saturated carbocycles. The van der Waals surface area contributed by atoms with Crippen LogP contribution in [0, 0.1) is 11.6 Å². The van der Waals surface area contributed by atoms with Gasteiger partial charge in [0.25, 0.3) is 5.91 Å². The molecule has 2 atom stereocenters. The quantitative estimate of drug-likeness (QED) is 0.213. The van der Waals surface area contributed by atoms with Gasteiger partial charge in [-0.2, -0.15) is 0 Å². The second kappa shape index (κ2) is 14.2. The molecule has 1 amide bonds. The van der Waals surface area contributed by atoms with Crippen LogP contribution in [0.1, 0.15) is 53.2 Å². The molecule has 4 aromatic rings. The molecule has 9 heteroatoms. The van der Waals surface area contributed by atoms with Gasteiger partial charge in [-0.25, -0.2) is 13.8 Å². The zero-order chi connectivity index (χ0) is 27.1. The average molecular weight is 558 g/mol. The van der Waals surface area contributed by atoms with Crippen molar-refractivity contribution >= 4 is 29.4 Å². The number of aliphatic hydroxyl groups is 1. The summed E-state index contributed by atoms with van der Waals surface area (Å²) < 4.78 is 33.4. The van der Waals surface area contributed by atoms with Crippen molar-refractivity contribution in [2.24, 2.45) is 0 Å². The van der Waals surface area contributed by atoms with E-state index in [1.807, 2.05) is 19.1 Å². The molecule has 0 spiro atoms. The van der Waals surface area contributed by atoms with Gasteiger partial charge in [0.05, 0.1) is 12.1 Å². The maximum absolute atomic E-state index is 13.8. The Kier molecular flexibility index (Phi) is 11.0. The summed E-state index contributed by atoms with van der Waals surface area (Å²) in [7, 11) is 0. The van der Waals surface area contributed by atoms with E-state index in [4.69, 9.17) is 4.42 Å². The van der Waals surface area contributed by atoms with Crippen LogP contribution in [0.3, 0.4) is 0 Å². The Morgan fingerprint density at radius 2 is 1.74 bits per heavy atom. The number of fused-ring (bicyclic) bond motifs is 1. The largest absolute Gasteiger partial charge is 0.441 e. The van der Waals surface area contributed by atoms with Crippen molar-refractivity contribution in [1.29, 1.82) is 0 Å². The van der Waals surface area contributed by atoms with Crippen LogP contribution in [0.15, 0.2) is 65.1 Å². The number of hydrogen-bond donors (Lipinski definition) is 3. The number of halogens is 3. The van der Waals surface area contributed by atoms with E-state index in [0.717, 1.165) is 24.5 Å². The van der Waals surface area contributed by atoms with Crippen LogP contribution in [0.2, 0.25) is 0 Å². The van der Waals surface area contributed by atoms with E-state index in [0.29, 0.717) is 41.1 Å². The molecule has 4 rings (SSSR count). The minimum Gasteiger partial charge on any atom is -0.441 e. The molecular formula is C30H34ClF2N3O3. The molecule has 39 heavy (non-hydrogen) atoms. The number of nitrogens with zero attached hydrogens (tertiary/aromatic N) is 1. The number of amides is 1. The van der Waals surface area contributed by atoms with Gasteiger partial charge < -0.3 is 20.2 Å². The topological polar surface area (TPSA) is 87.4 Å². The summed E-state index contributed by atoms with van der Waals surface area (Å²) in [5, 5.41) is 17.1. The SMILES string of the molecule is CCCc1nc2cc(C(=O)N[C@@H](Cc3cc(F)cc(F)c3)[C@@H](O)CNCc3cccc(CC)c3)ccc2o1.Cl. The van der Waals surface area contributed by atoms with Gasteiger partial charge in [0, 0.05) is 31.1 Å². The summed E-state index contributed by atoms with van der Waals surface area (Å²) in [5.74, 6) is -1.25. The fourth-order valence-corrected chi connectivity index (χ4v) is 4.42. The molecule has 208 valence electrons. The van der Waals surface area contributed by atoms with Crippen LogP contribution in [-0.2, 0) is 25.8 Å². The number of aryl methyl sites for hydroxylation is 2. The molecule has 6 nitrogen and oxygen atoms in total. The summed E-state index contributed by atoms with van der Waals surface area (Å²) in [6.45, 7) is 4.81. The molecule has 0 aliphatic heterocycles. The Bertz CT molecular complexity index is 1370. The number of rotatable bonds is 12. The Morgan fingerprint density at radius 3 is 2.46 bits per heavy atom. The first-order chi connectivity index (χ1) is 18.3. The minimum absolute atomic E-state index is 0. The van der Waals surface area contributed by atoms with Crippen LogP contribution in [0.4, 0.5) is 8.78 Å². The first-order valence-electron chi connectivity index (χ1n) is 13.0. The number of hydrogen-bond acceptors (Lipinski definition) is 5. The molecule has 0 aliphatic carbocycles. The molecule has 0 unspecified atom stereocenters. The summed E-state index contributed by atoms with van der Waals surface area (Å²) in [4.78, 5) is 17.6. The third-order valence-corrected chi connectivity index (χ3v) is 6.40. The normalized spacial score (nSPS) is 12.6. The maximum atomic E-state index is 13.8. The van der Waals surface area contributed by atoms with Crippen LogP contribution in [0.5, 0.6) is 0 Å². The van der Waals surface area contributed by atoms with Gasteiger partial charge in [-0.05, 0) is 66.3 Å². The van der Waals surface area contributed by atoms with Crippen LogP contribution < -0.4 is 10.6 Å². The molecule has 1 heterocycles. The number of aromatic nitrogens is 1. The Balaban J connectivity index is 0.00000420. The number of aliphatic hydroxyl groups excluding tert-OH is 1. The molecule has 0 radical (unpaired) electrons. The van der Waals surface area contributed by atoms with Crippen LogP contribution >= 0.6 is 12.4 Å². The number of benzene rings is 3. The molecule has 3 N–H and O–H groups in total. The van der Waals surface area contributed by atoms with E-state index >= 15 is 0 Å². The Hall–Kier alpha value is -3.33. The maximum Gasteiger partial charge on any atom is 0.251 e. The van der Waals surface area contributed by atoms with Gasteiger partial charge in [-0.1, -0.05) is 38.1 Å². The van der Waals surface area contributed by atoms with Crippen molar-refractivity contribution in [3.8, 4) is 0 Å². The summed E-state index contributed by atoms with van der Waals surface area (Å²) in [5.41, 5.74) is 4.13. The highest BCUT2D eigenvalue weighted by Crippen LogP contribution is 2.19. The number of carbonyl (C=O) groups excluding carboxylic acids is 1. The van der Waals surface area contributed by atoms with Crippen molar-refractivity contribution in [1.82, 2.24) is 15.6 Å². The van der Waals surface area contributed by atoms with E-state index in [-0.39, 0.29) is 25.4 Å². The van der Waals surface area contributed by atoms with Gasteiger partial charge in [0.15, 0.2) is 11.5 Å². The van der Waals surface area contributed by atoms with Gasteiger partial charge in [-0.15, -0.1) is 12.4 Å². The van der Waals surface area contributed by atoms with Gasteiger partial charge in [0.2, 0.25) is 0 Å². The van der Waals surface area contributed by atoms with E-state index in [9.17, 15) is 18.7 Å². The lowest BCUT2D eigenvalue weighted by Crippen LogP contribution is -2.48. The molecule has 0 saturated heterocycles. The molecule has 0 aliphatic rings. The fourth-order valence-electron chi connectivity index (χ4n) is 4.42. The summed E-state index contributed by atoms with van der Waals surface area (Å²) >= 11 is 0. The molecular weight excluding hydrogens is 524 g/mol. The first kappa shape index (κ1) is 30.2. The van der Waals surface area contributed by atoms with Crippen LogP contribution in [0.25, 0.3) is 11.1 Å². The number of nitrogens with one attached hydrogen (secondary N) is 2. The van der Waals surface area contributed by atoms with Gasteiger partial charge >= 0.3 is 0 Å². The Labute approximate surface area is 233 Å². The third-order valence-electron chi connectivity index (χ3n) is 6.40. The predicted octanol–water partition coefficient (Wildman–Crippen LogP) is 5.53. The van der Waals surface area contributed by atoms with Gasteiger partial charge in [-0.3, -0.25) is 4.79 Å². The zero-order valence-corrected chi connectivity index (χ0v) is 22.9. The van der Waals surface area contributed by atoms with Crippen LogP contribution in [-0.4, -0.2) is 34.7 Å². The molecule has 1 aromatic heterocycles. The van der Waals surface area contributed by atoms with Crippen molar-refractivity contribution in [2.75, 3.05) is 6.54 Å². The van der Waals surface area contributed by atoms with E-state index < -0.39 is 29.7 Å².